The van der Waals surface area contributed by atoms with Crippen LogP contribution in [0.3, 0.4) is 0 Å². The van der Waals surface area contributed by atoms with E-state index in [1.54, 1.807) is 12.1 Å². The van der Waals surface area contributed by atoms with E-state index < -0.39 is 0 Å². The Morgan fingerprint density at radius 1 is 1.14 bits per heavy atom. The molecule has 0 atom stereocenters. The molecule has 3 aromatic rings. The molecule has 3 rings (SSSR count). The first-order valence-corrected chi connectivity index (χ1v) is 6.51. The number of nitrogens with two attached hydrogens (primary N) is 1. The maximum atomic E-state index is 9.27. The first-order chi connectivity index (χ1) is 10.2. The van der Waals surface area contributed by atoms with Crippen LogP contribution in [0.15, 0.2) is 48.5 Å². The second kappa shape index (κ2) is 5.14. The molecule has 0 aliphatic rings. The number of hydrogen-bond donors (Lipinski definition) is 1. The Morgan fingerprint density at radius 3 is 2.76 bits per heavy atom. The molecule has 2 N–H and O–H groups in total. The van der Waals surface area contributed by atoms with E-state index in [0.29, 0.717) is 22.9 Å². The number of ether oxygens (including phenoxy) is 1. The smallest absolute Gasteiger partial charge is 0.221 e. The molecule has 0 unspecified atom stereocenters. The highest BCUT2D eigenvalue weighted by molar-refractivity contribution is 5.85. The average molecular weight is 275 g/mol. The maximum absolute atomic E-state index is 9.27. The van der Waals surface area contributed by atoms with Crippen molar-refractivity contribution in [3.8, 4) is 17.7 Å². The van der Waals surface area contributed by atoms with Gasteiger partial charge < -0.3 is 10.5 Å². The lowest BCUT2D eigenvalue weighted by Crippen LogP contribution is -1.95. The topological polar surface area (TPSA) is 71.9 Å². The van der Waals surface area contributed by atoms with Gasteiger partial charge in [0.05, 0.1) is 16.8 Å². The summed E-state index contributed by atoms with van der Waals surface area (Å²) in [6, 6.07) is 16.8. The molecule has 0 radical (unpaired) electrons. The molecule has 0 saturated heterocycles. The van der Waals surface area contributed by atoms with Gasteiger partial charge in [-0.25, -0.2) is 4.98 Å². The quantitative estimate of drug-likeness (QED) is 0.722. The van der Waals surface area contributed by atoms with E-state index in [9.17, 15) is 5.26 Å². The van der Waals surface area contributed by atoms with Gasteiger partial charge in [0.2, 0.25) is 5.88 Å². The molecule has 0 fully saturated rings. The van der Waals surface area contributed by atoms with E-state index >= 15 is 0 Å². The molecule has 1 aromatic heterocycles. The summed E-state index contributed by atoms with van der Waals surface area (Å²) in [6.45, 7) is 1.96. The average Bonchev–Trinajstić information content (AvgIpc) is 2.50. The highest BCUT2D eigenvalue weighted by Crippen LogP contribution is 2.29. The Morgan fingerprint density at radius 2 is 1.95 bits per heavy atom. The van der Waals surface area contributed by atoms with Crippen LogP contribution in [0.4, 0.5) is 5.69 Å². The number of nitriles is 1. The zero-order chi connectivity index (χ0) is 14.8. The molecule has 0 spiro atoms. The van der Waals surface area contributed by atoms with Crippen LogP contribution in [-0.2, 0) is 0 Å². The van der Waals surface area contributed by atoms with Crippen LogP contribution in [0.5, 0.6) is 11.6 Å². The normalized spacial score (nSPS) is 10.3. The Bertz CT molecular complexity index is 866. The maximum Gasteiger partial charge on any atom is 0.221 e. The minimum absolute atomic E-state index is 0.363. The Labute approximate surface area is 122 Å². The lowest BCUT2D eigenvalue weighted by Gasteiger charge is -2.10. The summed E-state index contributed by atoms with van der Waals surface area (Å²) in [6.07, 6.45) is 0. The van der Waals surface area contributed by atoms with Crippen molar-refractivity contribution in [2.75, 3.05) is 5.73 Å². The largest absolute Gasteiger partial charge is 0.437 e. The van der Waals surface area contributed by atoms with Crippen molar-refractivity contribution in [1.29, 1.82) is 5.26 Å². The van der Waals surface area contributed by atoms with Gasteiger partial charge in [-0.05, 0) is 30.7 Å². The van der Waals surface area contributed by atoms with Gasteiger partial charge in [0.15, 0.2) is 5.75 Å². The number of rotatable bonds is 2. The van der Waals surface area contributed by atoms with Crippen LogP contribution in [0.2, 0.25) is 0 Å². The SMILES string of the molecule is Cc1ccc(N)c(Oc2cc(C#N)c3ccccc3n2)c1. The van der Waals surface area contributed by atoms with Crippen LogP contribution in [0.1, 0.15) is 11.1 Å². The number of nitrogens with zero attached hydrogens (tertiary/aromatic N) is 2. The van der Waals surface area contributed by atoms with E-state index in [0.717, 1.165) is 16.5 Å². The fourth-order valence-corrected chi connectivity index (χ4v) is 2.14. The Hall–Kier alpha value is -3.06. The molecule has 4 heteroatoms. The zero-order valence-corrected chi connectivity index (χ0v) is 11.5. The lowest BCUT2D eigenvalue weighted by atomic mass is 10.1. The van der Waals surface area contributed by atoms with Crippen LogP contribution in [0.25, 0.3) is 10.9 Å². The van der Waals surface area contributed by atoms with Crippen LogP contribution in [0, 0.1) is 18.3 Å². The molecule has 1 heterocycles. The first-order valence-electron chi connectivity index (χ1n) is 6.51. The third-order valence-electron chi connectivity index (χ3n) is 3.20. The Balaban J connectivity index is 2.09. The molecule has 0 aliphatic carbocycles. The zero-order valence-electron chi connectivity index (χ0n) is 11.5. The monoisotopic (exact) mass is 275 g/mol. The molecular formula is C17H13N3O. The van der Waals surface area contributed by atoms with E-state index in [1.165, 1.54) is 0 Å². The predicted octanol–water partition coefficient (Wildman–Crippen LogP) is 3.79. The first kappa shape index (κ1) is 12.9. The van der Waals surface area contributed by atoms with E-state index in [2.05, 4.69) is 11.1 Å². The summed E-state index contributed by atoms with van der Waals surface area (Å²) in [5.74, 6) is 0.907. The molecule has 2 aromatic carbocycles. The number of benzene rings is 2. The van der Waals surface area contributed by atoms with Gasteiger partial charge in [-0.2, -0.15) is 5.26 Å². The summed E-state index contributed by atoms with van der Waals surface area (Å²) in [5.41, 5.74) is 8.73. The van der Waals surface area contributed by atoms with E-state index in [4.69, 9.17) is 10.5 Å². The number of aromatic nitrogens is 1. The predicted molar refractivity (Wildman–Crippen MR) is 82.1 cm³/mol. The standard InChI is InChI=1S/C17H13N3O/c1-11-6-7-14(19)16(8-11)21-17-9-12(10-18)13-4-2-3-5-15(13)20-17/h2-9H,19H2,1H3. The molecular weight excluding hydrogens is 262 g/mol. The van der Waals surface area contributed by atoms with Gasteiger partial charge >= 0.3 is 0 Å². The van der Waals surface area contributed by atoms with Crippen molar-refractivity contribution in [1.82, 2.24) is 4.98 Å². The molecule has 0 aliphatic heterocycles. The van der Waals surface area contributed by atoms with Crippen molar-refractivity contribution in [2.45, 2.75) is 6.92 Å². The van der Waals surface area contributed by atoms with Crippen molar-refractivity contribution in [3.05, 3.63) is 59.7 Å². The minimum atomic E-state index is 0.363. The number of fused-ring (bicyclic) bond motifs is 1. The summed E-state index contributed by atoms with van der Waals surface area (Å²) in [7, 11) is 0. The molecule has 21 heavy (non-hydrogen) atoms. The summed E-state index contributed by atoms with van der Waals surface area (Å²) < 4.78 is 5.75. The fraction of sp³-hybridized carbons (Fsp3) is 0.0588. The van der Waals surface area contributed by atoms with Gasteiger partial charge in [0.25, 0.3) is 0 Å². The molecule has 4 nitrogen and oxygen atoms in total. The molecule has 102 valence electrons. The third kappa shape index (κ3) is 2.49. The number of aryl methyl sites for hydroxylation is 1. The Kier molecular flexibility index (Phi) is 3.17. The van der Waals surface area contributed by atoms with Gasteiger partial charge in [-0.15, -0.1) is 0 Å². The van der Waals surface area contributed by atoms with E-state index in [-0.39, 0.29) is 0 Å². The highest BCUT2D eigenvalue weighted by Gasteiger charge is 2.08. The van der Waals surface area contributed by atoms with Crippen LogP contribution in [-0.4, -0.2) is 4.98 Å². The lowest BCUT2D eigenvalue weighted by molar-refractivity contribution is 0.467. The van der Waals surface area contributed by atoms with Crippen LogP contribution >= 0.6 is 0 Å². The number of nitrogen functional groups attached to an aromatic ring is 1. The number of pyridine rings is 1. The van der Waals surface area contributed by atoms with E-state index in [1.807, 2.05) is 43.3 Å². The highest BCUT2D eigenvalue weighted by atomic mass is 16.5. The summed E-state index contributed by atoms with van der Waals surface area (Å²) >= 11 is 0. The molecule has 0 amide bonds. The van der Waals surface area contributed by atoms with Crippen LogP contribution < -0.4 is 10.5 Å². The van der Waals surface area contributed by atoms with Crippen molar-refractivity contribution in [3.63, 3.8) is 0 Å². The summed E-state index contributed by atoms with van der Waals surface area (Å²) in [4.78, 5) is 4.42. The van der Waals surface area contributed by atoms with Crippen molar-refractivity contribution in [2.24, 2.45) is 0 Å². The minimum Gasteiger partial charge on any atom is -0.437 e. The van der Waals surface area contributed by atoms with Gasteiger partial charge in [0.1, 0.15) is 6.07 Å². The second-order valence-corrected chi connectivity index (χ2v) is 4.78. The van der Waals surface area contributed by atoms with Crippen molar-refractivity contribution >= 4 is 16.6 Å². The molecule has 0 saturated carbocycles. The number of para-hydroxylation sites is 1. The third-order valence-corrected chi connectivity index (χ3v) is 3.20. The number of hydrogen-bond acceptors (Lipinski definition) is 4. The van der Waals surface area contributed by atoms with Gasteiger partial charge in [-0.3, -0.25) is 0 Å². The number of anilines is 1. The van der Waals surface area contributed by atoms with Gasteiger partial charge in [0, 0.05) is 11.5 Å². The molecule has 0 bridgehead atoms. The second-order valence-electron chi connectivity index (χ2n) is 4.78. The van der Waals surface area contributed by atoms with Crippen molar-refractivity contribution < 1.29 is 4.74 Å². The summed E-state index contributed by atoms with van der Waals surface area (Å²) in [5, 5.41) is 10.1. The fourth-order valence-electron chi connectivity index (χ4n) is 2.14. The van der Waals surface area contributed by atoms with Gasteiger partial charge in [-0.1, -0.05) is 24.3 Å².